The number of hydrogen-bond donors (Lipinski definition) is 1. The third kappa shape index (κ3) is 4.81. The van der Waals surface area contributed by atoms with Gasteiger partial charge >= 0.3 is 0 Å². The van der Waals surface area contributed by atoms with E-state index in [0.717, 1.165) is 31.0 Å². The van der Waals surface area contributed by atoms with Crippen molar-refractivity contribution in [3.63, 3.8) is 0 Å². The van der Waals surface area contributed by atoms with Crippen molar-refractivity contribution < 1.29 is 4.79 Å². The van der Waals surface area contributed by atoms with E-state index >= 15 is 0 Å². The molecule has 2 rings (SSSR count). The molecule has 0 aromatic carbocycles. The third-order valence-electron chi connectivity index (χ3n) is 3.04. The van der Waals surface area contributed by atoms with Crippen molar-refractivity contribution in [2.45, 2.75) is 56.6 Å². The van der Waals surface area contributed by atoms with Crippen LogP contribution >= 0.6 is 11.8 Å². The molecule has 0 atom stereocenters. The van der Waals surface area contributed by atoms with Crippen LogP contribution in [0.3, 0.4) is 0 Å². The van der Waals surface area contributed by atoms with Gasteiger partial charge in [-0.25, -0.2) is 4.68 Å². The average Bonchev–Trinajstić information content (AvgIpc) is 3.15. The lowest BCUT2D eigenvalue weighted by Crippen LogP contribution is -2.26. The van der Waals surface area contributed by atoms with Gasteiger partial charge in [0.25, 0.3) is 0 Å². The van der Waals surface area contributed by atoms with Crippen LogP contribution in [0.25, 0.3) is 0 Å². The second-order valence-electron chi connectivity index (χ2n) is 4.84. The van der Waals surface area contributed by atoms with Gasteiger partial charge in [0.2, 0.25) is 11.1 Å². The molecule has 19 heavy (non-hydrogen) atoms. The zero-order valence-corrected chi connectivity index (χ0v) is 12.2. The molecular formula is C12H21N5OS. The Bertz CT molecular complexity index is 405. The number of amides is 1. The largest absolute Gasteiger partial charge is 0.355 e. The maximum atomic E-state index is 11.7. The molecule has 1 aromatic rings. The molecule has 0 spiro atoms. The molecule has 1 fully saturated rings. The summed E-state index contributed by atoms with van der Waals surface area (Å²) in [4.78, 5) is 11.7. The number of thioether (sulfide) groups is 1. The minimum absolute atomic E-state index is 0.0619. The van der Waals surface area contributed by atoms with Crippen LogP contribution in [0.5, 0.6) is 0 Å². The first-order chi connectivity index (χ1) is 9.31. The quantitative estimate of drug-likeness (QED) is 0.552. The van der Waals surface area contributed by atoms with E-state index in [0.29, 0.717) is 11.8 Å². The Kier molecular flexibility index (Phi) is 5.62. The fraction of sp³-hybridized carbons (Fsp3) is 0.833. The maximum Gasteiger partial charge on any atom is 0.230 e. The van der Waals surface area contributed by atoms with Crippen LogP contribution in [0.15, 0.2) is 5.16 Å². The molecule has 6 nitrogen and oxygen atoms in total. The molecule has 0 radical (unpaired) electrons. The van der Waals surface area contributed by atoms with Crippen molar-refractivity contribution in [3.8, 4) is 0 Å². The van der Waals surface area contributed by atoms with Gasteiger partial charge in [0.05, 0.1) is 11.8 Å². The van der Waals surface area contributed by atoms with Gasteiger partial charge in [0, 0.05) is 6.54 Å². The summed E-state index contributed by atoms with van der Waals surface area (Å²) in [7, 11) is 0. The molecule has 0 unspecified atom stereocenters. The second-order valence-corrected chi connectivity index (χ2v) is 5.78. The molecule has 1 aliphatic carbocycles. The standard InChI is InChI=1S/C12H21N5OS/c1-2-3-4-5-8-13-11(18)9-19-12-14-15-16-17(12)10-6-7-10/h10H,2-9H2,1H3,(H,13,18). The highest BCUT2D eigenvalue weighted by molar-refractivity contribution is 7.99. The van der Waals surface area contributed by atoms with Crippen LogP contribution < -0.4 is 5.32 Å². The molecule has 1 saturated carbocycles. The van der Waals surface area contributed by atoms with Gasteiger partial charge in [-0.05, 0) is 29.7 Å². The van der Waals surface area contributed by atoms with E-state index in [1.165, 1.54) is 31.0 Å². The zero-order valence-electron chi connectivity index (χ0n) is 11.3. The Morgan fingerprint density at radius 1 is 1.42 bits per heavy atom. The SMILES string of the molecule is CCCCCCNC(=O)CSc1nnnn1C1CC1. The summed E-state index contributed by atoms with van der Waals surface area (Å²) in [6.45, 7) is 2.95. The minimum atomic E-state index is 0.0619. The fourth-order valence-electron chi connectivity index (χ4n) is 1.79. The summed E-state index contributed by atoms with van der Waals surface area (Å²) in [6.07, 6.45) is 6.98. The second kappa shape index (κ2) is 7.47. The number of aromatic nitrogens is 4. The maximum absolute atomic E-state index is 11.7. The van der Waals surface area contributed by atoms with Crippen LogP contribution in [0.2, 0.25) is 0 Å². The molecule has 0 saturated heterocycles. The third-order valence-corrected chi connectivity index (χ3v) is 3.97. The van der Waals surface area contributed by atoms with E-state index in [1.54, 1.807) is 0 Å². The van der Waals surface area contributed by atoms with Gasteiger partial charge < -0.3 is 5.32 Å². The van der Waals surface area contributed by atoms with E-state index in [4.69, 9.17) is 0 Å². The van der Waals surface area contributed by atoms with E-state index in [9.17, 15) is 4.79 Å². The van der Waals surface area contributed by atoms with Crippen molar-refractivity contribution in [3.05, 3.63) is 0 Å². The first kappa shape index (κ1) is 14.3. The number of unbranched alkanes of at least 4 members (excludes halogenated alkanes) is 3. The molecule has 0 bridgehead atoms. The number of carbonyl (C=O) groups excluding carboxylic acids is 1. The van der Waals surface area contributed by atoms with E-state index in [-0.39, 0.29) is 5.91 Å². The van der Waals surface area contributed by atoms with Crippen LogP contribution in [0.1, 0.15) is 51.5 Å². The number of tetrazole rings is 1. The summed E-state index contributed by atoms with van der Waals surface area (Å²) in [5.74, 6) is 0.452. The molecule has 1 N–H and O–H groups in total. The predicted molar refractivity (Wildman–Crippen MR) is 74.0 cm³/mol. The average molecular weight is 283 g/mol. The van der Waals surface area contributed by atoms with Gasteiger partial charge in [-0.3, -0.25) is 4.79 Å². The van der Waals surface area contributed by atoms with E-state index < -0.39 is 0 Å². The normalized spacial score (nSPS) is 14.6. The Hall–Kier alpha value is -1.11. The van der Waals surface area contributed by atoms with Gasteiger partial charge in [0.15, 0.2) is 0 Å². The molecule has 1 heterocycles. The Balaban J connectivity index is 1.61. The van der Waals surface area contributed by atoms with Crippen molar-refractivity contribution in [1.29, 1.82) is 0 Å². The first-order valence-electron chi connectivity index (χ1n) is 6.98. The minimum Gasteiger partial charge on any atom is -0.355 e. The summed E-state index contributed by atoms with van der Waals surface area (Å²) in [5.41, 5.74) is 0. The molecule has 7 heteroatoms. The monoisotopic (exact) mass is 283 g/mol. The topological polar surface area (TPSA) is 72.7 Å². The van der Waals surface area contributed by atoms with Crippen molar-refractivity contribution in [2.75, 3.05) is 12.3 Å². The number of rotatable bonds is 9. The smallest absolute Gasteiger partial charge is 0.230 e. The predicted octanol–water partition coefficient (Wildman–Crippen LogP) is 1.80. The van der Waals surface area contributed by atoms with Crippen LogP contribution in [0.4, 0.5) is 0 Å². The number of nitrogens with one attached hydrogen (secondary N) is 1. The van der Waals surface area contributed by atoms with Gasteiger partial charge in [-0.1, -0.05) is 37.9 Å². The summed E-state index contributed by atoms with van der Waals surface area (Å²) in [5, 5.41) is 15.3. The van der Waals surface area contributed by atoms with Gasteiger partial charge in [0.1, 0.15) is 0 Å². The Morgan fingerprint density at radius 2 is 2.26 bits per heavy atom. The molecule has 1 aromatic heterocycles. The van der Waals surface area contributed by atoms with Crippen molar-refractivity contribution >= 4 is 17.7 Å². The van der Waals surface area contributed by atoms with Crippen molar-refractivity contribution in [1.82, 2.24) is 25.5 Å². The number of carbonyl (C=O) groups is 1. The van der Waals surface area contributed by atoms with E-state index in [2.05, 4.69) is 27.8 Å². The molecule has 106 valence electrons. The first-order valence-corrected chi connectivity index (χ1v) is 7.97. The summed E-state index contributed by atoms with van der Waals surface area (Å²) in [6, 6.07) is 0.453. The van der Waals surface area contributed by atoms with Gasteiger partial charge in [-0.2, -0.15) is 0 Å². The van der Waals surface area contributed by atoms with E-state index in [1.807, 2.05) is 4.68 Å². The zero-order chi connectivity index (χ0) is 13.5. The molecule has 1 aliphatic rings. The summed E-state index contributed by atoms with van der Waals surface area (Å²) >= 11 is 1.41. The lowest BCUT2D eigenvalue weighted by Gasteiger charge is -2.04. The Morgan fingerprint density at radius 3 is 3.00 bits per heavy atom. The molecule has 1 amide bonds. The van der Waals surface area contributed by atoms with Crippen LogP contribution in [0, 0.1) is 0 Å². The van der Waals surface area contributed by atoms with Crippen LogP contribution in [-0.4, -0.2) is 38.4 Å². The summed E-state index contributed by atoms with van der Waals surface area (Å²) < 4.78 is 1.83. The highest BCUT2D eigenvalue weighted by Crippen LogP contribution is 2.36. The fourth-order valence-corrected chi connectivity index (χ4v) is 2.56. The van der Waals surface area contributed by atoms with Gasteiger partial charge in [-0.15, -0.1) is 5.10 Å². The Labute approximate surface area is 117 Å². The lowest BCUT2D eigenvalue weighted by atomic mass is 10.2. The molecular weight excluding hydrogens is 262 g/mol. The lowest BCUT2D eigenvalue weighted by molar-refractivity contribution is -0.118. The van der Waals surface area contributed by atoms with Crippen molar-refractivity contribution in [2.24, 2.45) is 0 Å². The highest BCUT2D eigenvalue weighted by atomic mass is 32.2. The number of hydrogen-bond acceptors (Lipinski definition) is 5. The number of nitrogens with zero attached hydrogens (tertiary/aromatic N) is 4. The molecule has 0 aliphatic heterocycles. The highest BCUT2D eigenvalue weighted by Gasteiger charge is 2.28. The van der Waals surface area contributed by atoms with Crippen LogP contribution in [-0.2, 0) is 4.79 Å².